The molecule has 0 bridgehead atoms. The van der Waals surface area contributed by atoms with E-state index in [0.717, 1.165) is 27.9 Å². The Morgan fingerprint density at radius 3 is 2.69 bits per heavy atom. The predicted octanol–water partition coefficient (Wildman–Crippen LogP) is 2.14. The standard InChI is InChI=1S/C23H27N7O2/c1-15-18(16(2)26-22-20(15)23(32-4)27-28(22)3)7-8-19(31)29-10-12-30(13-11-29)21-17(14-24)6-5-9-25-21/h5-6,9H,7-8,10-13H2,1-4H3. The maximum absolute atomic E-state index is 12.9. The Balaban J connectivity index is 1.43. The highest BCUT2D eigenvalue weighted by atomic mass is 16.5. The maximum Gasteiger partial charge on any atom is 0.242 e. The lowest BCUT2D eigenvalue weighted by Crippen LogP contribution is -2.49. The van der Waals surface area contributed by atoms with Gasteiger partial charge in [0.2, 0.25) is 11.8 Å². The number of hydrogen-bond donors (Lipinski definition) is 0. The number of anilines is 1. The van der Waals surface area contributed by atoms with Crippen LogP contribution in [0.1, 0.15) is 28.8 Å². The van der Waals surface area contributed by atoms with Crippen molar-refractivity contribution < 1.29 is 9.53 Å². The molecule has 3 aromatic rings. The summed E-state index contributed by atoms with van der Waals surface area (Å²) in [6.45, 7) is 6.58. The summed E-state index contributed by atoms with van der Waals surface area (Å²) in [7, 11) is 3.46. The van der Waals surface area contributed by atoms with Crippen molar-refractivity contribution in [3.8, 4) is 11.9 Å². The fourth-order valence-corrected chi connectivity index (χ4v) is 4.40. The van der Waals surface area contributed by atoms with E-state index >= 15 is 0 Å². The number of aromatic nitrogens is 4. The molecule has 1 aliphatic heterocycles. The molecule has 0 N–H and O–H groups in total. The van der Waals surface area contributed by atoms with E-state index in [1.165, 1.54) is 0 Å². The second-order valence-corrected chi connectivity index (χ2v) is 7.99. The van der Waals surface area contributed by atoms with E-state index < -0.39 is 0 Å². The number of pyridine rings is 2. The molecule has 166 valence electrons. The van der Waals surface area contributed by atoms with Gasteiger partial charge in [0.15, 0.2) is 5.65 Å². The van der Waals surface area contributed by atoms with Crippen LogP contribution in [0.2, 0.25) is 0 Å². The van der Waals surface area contributed by atoms with Crippen molar-refractivity contribution in [2.24, 2.45) is 7.05 Å². The van der Waals surface area contributed by atoms with Gasteiger partial charge in [-0.1, -0.05) is 0 Å². The topological polar surface area (TPSA) is 100 Å². The summed E-state index contributed by atoms with van der Waals surface area (Å²) >= 11 is 0. The largest absolute Gasteiger partial charge is 0.479 e. The maximum atomic E-state index is 12.9. The van der Waals surface area contributed by atoms with Crippen LogP contribution in [0.15, 0.2) is 18.3 Å². The molecule has 0 aliphatic carbocycles. The van der Waals surface area contributed by atoms with Crippen LogP contribution in [0.5, 0.6) is 5.88 Å². The van der Waals surface area contributed by atoms with E-state index in [4.69, 9.17) is 9.72 Å². The SMILES string of the molecule is COc1nn(C)c2nc(C)c(CCC(=O)N3CCN(c4ncccc4C#N)CC3)c(C)c12. The average molecular weight is 434 g/mol. The van der Waals surface area contributed by atoms with Crippen LogP contribution in [-0.4, -0.2) is 63.8 Å². The predicted molar refractivity (Wildman–Crippen MR) is 121 cm³/mol. The molecule has 1 aliphatic rings. The monoisotopic (exact) mass is 433 g/mol. The van der Waals surface area contributed by atoms with Crippen LogP contribution in [0, 0.1) is 25.2 Å². The van der Waals surface area contributed by atoms with Gasteiger partial charge >= 0.3 is 0 Å². The Morgan fingerprint density at radius 1 is 1.25 bits per heavy atom. The third-order valence-corrected chi connectivity index (χ3v) is 6.14. The van der Waals surface area contributed by atoms with Gasteiger partial charge in [-0.25, -0.2) is 14.6 Å². The normalized spacial score (nSPS) is 14.0. The van der Waals surface area contributed by atoms with Crippen molar-refractivity contribution in [2.45, 2.75) is 26.7 Å². The van der Waals surface area contributed by atoms with Gasteiger partial charge in [0.1, 0.15) is 11.9 Å². The minimum atomic E-state index is 0.128. The summed E-state index contributed by atoms with van der Waals surface area (Å²) < 4.78 is 7.15. The number of aryl methyl sites for hydroxylation is 3. The second kappa shape index (κ2) is 8.83. The number of nitriles is 1. The number of amides is 1. The van der Waals surface area contributed by atoms with Crippen molar-refractivity contribution >= 4 is 22.8 Å². The van der Waals surface area contributed by atoms with Crippen LogP contribution < -0.4 is 9.64 Å². The summed E-state index contributed by atoms with van der Waals surface area (Å²) in [5.41, 5.74) is 4.40. The molecule has 32 heavy (non-hydrogen) atoms. The zero-order valence-corrected chi connectivity index (χ0v) is 18.9. The zero-order chi connectivity index (χ0) is 22.8. The van der Waals surface area contributed by atoms with Crippen LogP contribution >= 0.6 is 0 Å². The average Bonchev–Trinajstić information content (AvgIpc) is 3.14. The molecule has 1 amide bonds. The Kier molecular flexibility index (Phi) is 5.95. The van der Waals surface area contributed by atoms with Crippen molar-refractivity contribution in [3.63, 3.8) is 0 Å². The number of methoxy groups -OCH3 is 1. The third kappa shape index (κ3) is 3.84. The van der Waals surface area contributed by atoms with Gasteiger partial charge in [-0.2, -0.15) is 5.26 Å². The molecule has 1 saturated heterocycles. The zero-order valence-electron chi connectivity index (χ0n) is 18.9. The molecule has 0 spiro atoms. The van der Waals surface area contributed by atoms with Crippen molar-refractivity contribution in [1.29, 1.82) is 5.26 Å². The van der Waals surface area contributed by atoms with E-state index in [1.54, 1.807) is 30.1 Å². The molecule has 0 atom stereocenters. The Bertz CT molecular complexity index is 1200. The quantitative estimate of drug-likeness (QED) is 0.608. The first-order valence-corrected chi connectivity index (χ1v) is 10.7. The van der Waals surface area contributed by atoms with Crippen LogP contribution in [-0.2, 0) is 18.3 Å². The molecule has 0 aromatic carbocycles. The van der Waals surface area contributed by atoms with E-state index in [-0.39, 0.29) is 5.91 Å². The number of nitrogens with zero attached hydrogens (tertiary/aromatic N) is 7. The van der Waals surface area contributed by atoms with Gasteiger partial charge in [0, 0.05) is 51.5 Å². The Hall–Kier alpha value is -3.67. The van der Waals surface area contributed by atoms with Crippen LogP contribution in [0.4, 0.5) is 5.82 Å². The number of rotatable bonds is 5. The first kappa shape index (κ1) is 21.6. The van der Waals surface area contributed by atoms with Gasteiger partial charge in [-0.3, -0.25) is 4.79 Å². The minimum absolute atomic E-state index is 0.128. The van der Waals surface area contributed by atoms with Gasteiger partial charge < -0.3 is 14.5 Å². The van der Waals surface area contributed by atoms with E-state index in [1.807, 2.05) is 25.8 Å². The first-order valence-electron chi connectivity index (χ1n) is 10.7. The molecule has 0 unspecified atom stereocenters. The molecule has 0 radical (unpaired) electrons. The summed E-state index contributed by atoms with van der Waals surface area (Å²) in [6.07, 6.45) is 2.74. The van der Waals surface area contributed by atoms with E-state index in [2.05, 4.69) is 21.1 Å². The molecule has 9 nitrogen and oxygen atoms in total. The fraction of sp³-hybridized carbons (Fsp3) is 0.435. The highest BCUT2D eigenvalue weighted by molar-refractivity contribution is 5.86. The highest BCUT2D eigenvalue weighted by Gasteiger charge is 2.24. The van der Waals surface area contributed by atoms with Gasteiger partial charge in [0.25, 0.3) is 0 Å². The summed E-state index contributed by atoms with van der Waals surface area (Å²) in [6, 6.07) is 5.73. The number of piperazine rings is 1. The Morgan fingerprint density at radius 2 is 2.00 bits per heavy atom. The van der Waals surface area contributed by atoms with Gasteiger partial charge in [-0.05, 0) is 43.5 Å². The van der Waals surface area contributed by atoms with Crippen molar-refractivity contribution in [1.82, 2.24) is 24.6 Å². The molecule has 9 heteroatoms. The number of carbonyl (C=O) groups excluding carboxylic acids is 1. The smallest absolute Gasteiger partial charge is 0.242 e. The molecule has 4 heterocycles. The molecular weight excluding hydrogens is 406 g/mol. The lowest BCUT2D eigenvalue weighted by atomic mass is 10.00. The molecule has 3 aromatic heterocycles. The van der Waals surface area contributed by atoms with Crippen molar-refractivity contribution in [3.05, 3.63) is 40.7 Å². The van der Waals surface area contributed by atoms with Crippen LogP contribution in [0.25, 0.3) is 11.0 Å². The number of carbonyl (C=O) groups is 1. The number of hydrogen-bond acceptors (Lipinski definition) is 7. The number of fused-ring (bicyclic) bond motifs is 1. The summed E-state index contributed by atoms with van der Waals surface area (Å²) in [5.74, 6) is 1.38. The minimum Gasteiger partial charge on any atom is -0.479 e. The molecular formula is C23H27N7O2. The summed E-state index contributed by atoms with van der Waals surface area (Å²) in [5, 5.41) is 14.6. The summed E-state index contributed by atoms with van der Waals surface area (Å²) in [4.78, 5) is 26.0. The Labute approximate surface area is 187 Å². The van der Waals surface area contributed by atoms with Gasteiger partial charge in [-0.15, -0.1) is 5.10 Å². The lowest BCUT2D eigenvalue weighted by Gasteiger charge is -2.35. The second-order valence-electron chi connectivity index (χ2n) is 7.99. The van der Waals surface area contributed by atoms with Crippen molar-refractivity contribution in [2.75, 3.05) is 38.2 Å². The fourth-order valence-electron chi connectivity index (χ4n) is 4.40. The third-order valence-electron chi connectivity index (χ3n) is 6.14. The van der Waals surface area contributed by atoms with E-state index in [0.29, 0.717) is 56.3 Å². The van der Waals surface area contributed by atoms with Gasteiger partial charge in [0.05, 0.1) is 18.1 Å². The molecule has 1 fully saturated rings. The van der Waals surface area contributed by atoms with E-state index in [9.17, 15) is 10.1 Å². The lowest BCUT2D eigenvalue weighted by molar-refractivity contribution is -0.131. The molecule has 0 saturated carbocycles. The molecule has 4 rings (SSSR count). The van der Waals surface area contributed by atoms with Crippen LogP contribution in [0.3, 0.4) is 0 Å². The highest BCUT2D eigenvalue weighted by Crippen LogP contribution is 2.30. The first-order chi connectivity index (χ1) is 15.4. The number of ether oxygens (including phenoxy) is 1.